The molecule has 5 heteroatoms. The lowest BCUT2D eigenvalue weighted by Gasteiger charge is -2.32. The first-order valence-electron chi connectivity index (χ1n) is 6.70. The molecule has 100 valence electrons. The lowest BCUT2D eigenvalue weighted by Crippen LogP contribution is -2.24. The molecule has 1 saturated carbocycles. The molecule has 1 heterocycles. The standard InChI is InChI=1S/C13H21N3O2/c1-4-11-12(13(17)18)14-15-16(11)10-6-8(2)5-9(3)7-10/h8-10H,4-7H2,1-3H3,(H,17,18). The van der Waals surface area contributed by atoms with Crippen LogP contribution >= 0.6 is 0 Å². The summed E-state index contributed by atoms with van der Waals surface area (Å²) in [6.07, 6.45) is 4.05. The summed E-state index contributed by atoms with van der Waals surface area (Å²) >= 11 is 0. The molecule has 18 heavy (non-hydrogen) atoms. The second kappa shape index (κ2) is 5.08. The van der Waals surface area contributed by atoms with Gasteiger partial charge in [0.25, 0.3) is 0 Å². The van der Waals surface area contributed by atoms with Crippen molar-refractivity contribution in [2.75, 3.05) is 0 Å². The van der Waals surface area contributed by atoms with Crippen LogP contribution in [0.25, 0.3) is 0 Å². The fourth-order valence-corrected chi connectivity index (χ4v) is 3.21. The number of hydrogen-bond donors (Lipinski definition) is 1. The molecule has 1 aromatic rings. The van der Waals surface area contributed by atoms with Crippen LogP contribution in [0, 0.1) is 11.8 Å². The molecule has 0 bridgehead atoms. The summed E-state index contributed by atoms with van der Waals surface area (Å²) in [5.74, 6) is 0.358. The van der Waals surface area contributed by atoms with Gasteiger partial charge in [-0.2, -0.15) is 0 Å². The molecule has 1 fully saturated rings. The van der Waals surface area contributed by atoms with E-state index in [1.807, 2.05) is 11.6 Å². The third-order valence-corrected chi connectivity index (χ3v) is 3.83. The van der Waals surface area contributed by atoms with E-state index in [0.29, 0.717) is 24.3 Å². The minimum Gasteiger partial charge on any atom is -0.476 e. The molecule has 2 unspecified atom stereocenters. The van der Waals surface area contributed by atoms with E-state index in [2.05, 4.69) is 24.2 Å². The van der Waals surface area contributed by atoms with Crippen LogP contribution < -0.4 is 0 Å². The lowest BCUT2D eigenvalue weighted by molar-refractivity contribution is 0.0689. The van der Waals surface area contributed by atoms with Gasteiger partial charge < -0.3 is 5.11 Å². The number of hydrogen-bond acceptors (Lipinski definition) is 3. The highest BCUT2D eigenvalue weighted by atomic mass is 16.4. The van der Waals surface area contributed by atoms with Crippen molar-refractivity contribution >= 4 is 5.97 Å². The molecule has 2 atom stereocenters. The molecule has 2 rings (SSSR count). The number of carbonyl (C=O) groups is 1. The predicted molar refractivity (Wildman–Crippen MR) is 67.6 cm³/mol. The number of aromatic nitrogens is 3. The molecule has 1 aliphatic carbocycles. The van der Waals surface area contributed by atoms with Crippen LogP contribution in [0.2, 0.25) is 0 Å². The lowest BCUT2D eigenvalue weighted by atomic mass is 9.80. The number of carboxylic acid groups (broad SMARTS) is 1. The molecule has 0 spiro atoms. The third-order valence-electron chi connectivity index (χ3n) is 3.83. The molecule has 0 radical (unpaired) electrons. The number of rotatable bonds is 3. The molecule has 1 N–H and O–H groups in total. The Morgan fingerprint density at radius 2 is 1.94 bits per heavy atom. The first kappa shape index (κ1) is 13.1. The van der Waals surface area contributed by atoms with Gasteiger partial charge in [-0.3, -0.25) is 0 Å². The summed E-state index contributed by atoms with van der Waals surface area (Å²) in [7, 11) is 0. The zero-order valence-corrected chi connectivity index (χ0v) is 11.3. The maximum atomic E-state index is 11.1. The van der Waals surface area contributed by atoms with Gasteiger partial charge in [0.2, 0.25) is 0 Å². The van der Waals surface area contributed by atoms with Crippen molar-refractivity contribution in [1.29, 1.82) is 0 Å². The quantitative estimate of drug-likeness (QED) is 0.896. The zero-order valence-electron chi connectivity index (χ0n) is 11.3. The maximum absolute atomic E-state index is 11.1. The van der Waals surface area contributed by atoms with Gasteiger partial charge in [0.15, 0.2) is 5.69 Å². The van der Waals surface area contributed by atoms with Crippen LogP contribution in [0.1, 0.15) is 62.3 Å². The molecule has 0 aromatic carbocycles. The molecular weight excluding hydrogens is 230 g/mol. The van der Waals surface area contributed by atoms with Crippen LogP contribution in [0.3, 0.4) is 0 Å². The van der Waals surface area contributed by atoms with Crippen LogP contribution in [0.4, 0.5) is 0 Å². The monoisotopic (exact) mass is 251 g/mol. The average molecular weight is 251 g/mol. The zero-order chi connectivity index (χ0) is 13.3. The highest BCUT2D eigenvalue weighted by molar-refractivity contribution is 5.86. The van der Waals surface area contributed by atoms with Gasteiger partial charge in [-0.15, -0.1) is 5.10 Å². The summed E-state index contributed by atoms with van der Waals surface area (Å²) < 4.78 is 1.86. The molecule has 1 aromatic heterocycles. The van der Waals surface area contributed by atoms with E-state index in [9.17, 15) is 4.79 Å². The Bertz CT molecular complexity index is 431. The maximum Gasteiger partial charge on any atom is 0.358 e. The Balaban J connectivity index is 2.30. The summed E-state index contributed by atoms with van der Waals surface area (Å²) in [6.45, 7) is 6.46. The van der Waals surface area contributed by atoms with E-state index in [0.717, 1.165) is 18.5 Å². The number of nitrogens with zero attached hydrogens (tertiary/aromatic N) is 3. The Labute approximate surface area is 107 Å². The summed E-state index contributed by atoms with van der Waals surface area (Å²) in [5.41, 5.74) is 0.872. The Morgan fingerprint density at radius 3 is 2.44 bits per heavy atom. The molecule has 0 amide bonds. The first-order valence-corrected chi connectivity index (χ1v) is 6.70. The smallest absolute Gasteiger partial charge is 0.358 e. The fraction of sp³-hybridized carbons (Fsp3) is 0.769. The molecular formula is C13H21N3O2. The van der Waals surface area contributed by atoms with Gasteiger partial charge in [-0.05, 0) is 37.5 Å². The van der Waals surface area contributed by atoms with Crippen LogP contribution in [-0.4, -0.2) is 26.1 Å². The second-order valence-electron chi connectivity index (χ2n) is 5.56. The largest absolute Gasteiger partial charge is 0.476 e. The highest BCUT2D eigenvalue weighted by Gasteiger charge is 2.29. The minimum atomic E-state index is -0.977. The first-order chi connectivity index (χ1) is 8.52. The highest BCUT2D eigenvalue weighted by Crippen LogP contribution is 2.36. The van der Waals surface area contributed by atoms with Gasteiger partial charge in [0.1, 0.15) is 0 Å². The van der Waals surface area contributed by atoms with Crippen molar-refractivity contribution in [1.82, 2.24) is 15.0 Å². The normalized spacial score (nSPS) is 28.3. The van der Waals surface area contributed by atoms with E-state index >= 15 is 0 Å². The molecule has 5 nitrogen and oxygen atoms in total. The number of aromatic carboxylic acids is 1. The van der Waals surface area contributed by atoms with Crippen molar-refractivity contribution in [3.63, 3.8) is 0 Å². The van der Waals surface area contributed by atoms with Crippen LogP contribution in [0.5, 0.6) is 0 Å². The van der Waals surface area contributed by atoms with E-state index in [-0.39, 0.29) is 5.69 Å². The Hall–Kier alpha value is -1.39. The van der Waals surface area contributed by atoms with E-state index in [4.69, 9.17) is 5.11 Å². The average Bonchev–Trinajstić information content (AvgIpc) is 2.70. The van der Waals surface area contributed by atoms with Crippen molar-refractivity contribution in [3.05, 3.63) is 11.4 Å². The SMILES string of the molecule is CCc1c(C(=O)O)nnn1C1CC(C)CC(C)C1. The predicted octanol–water partition coefficient (Wildman–Crippen LogP) is 2.54. The summed E-state index contributed by atoms with van der Waals surface area (Å²) in [6, 6.07) is 0.305. The molecule has 0 saturated heterocycles. The second-order valence-corrected chi connectivity index (χ2v) is 5.56. The fourth-order valence-electron chi connectivity index (χ4n) is 3.21. The van der Waals surface area contributed by atoms with Gasteiger partial charge in [-0.1, -0.05) is 26.0 Å². The number of carboxylic acids is 1. The van der Waals surface area contributed by atoms with E-state index < -0.39 is 5.97 Å². The van der Waals surface area contributed by atoms with Crippen molar-refractivity contribution in [2.45, 2.75) is 52.5 Å². The van der Waals surface area contributed by atoms with Gasteiger partial charge >= 0.3 is 5.97 Å². The van der Waals surface area contributed by atoms with E-state index in [1.165, 1.54) is 6.42 Å². The van der Waals surface area contributed by atoms with Crippen molar-refractivity contribution in [3.8, 4) is 0 Å². The van der Waals surface area contributed by atoms with Crippen molar-refractivity contribution < 1.29 is 9.90 Å². The molecule has 1 aliphatic rings. The summed E-state index contributed by atoms with van der Waals surface area (Å²) in [5, 5.41) is 17.0. The third kappa shape index (κ3) is 2.40. The minimum absolute atomic E-state index is 0.114. The molecule has 0 aliphatic heterocycles. The Morgan fingerprint density at radius 1 is 1.33 bits per heavy atom. The van der Waals surface area contributed by atoms with Crippen LogP contribution in [-0.2, 0) is 6.42 Å². The van der Waals surface area contributed by atoms with Gasteiger partial charge in [0.05, 0.1) is 11.7 Å². The van der Waals surface area contributed by atoms with E-state index in [1.54, 1.807) is 0 Å². The van der Waals surface area contributed by atoms with Gasteiger partial charge in [-0.25, -0.2) is 9.48 Å². The van der Waals surface area contributed by atoms with Crippen molar-refractivity contribution in [2.24, 2.45) is 11.8 Å². The van der Waals surface area contributed by atoms with Crippen LogP contribution in [0.15, 0.2) is 0 Å². The Kier molecular flexibility index (Phi) is 3.68. The van der Waals surface area contributed by atoms with Gasteiger partial charge in [0, 0.05) is 0 Å². The topological polar surface area (TPSA) is 68.0 Å². The summed E-state index contributed by atoms with van der Waals surface area (Å²) in [4.78, 5) is 11.1.